The largest absolute Gasteiger partial charge is 0.348 e. The molecule has 0 fully saturated rings. The molecule has 1 heterocycles. The number of aromatic nitrogens is 2. The summed E-state index contributed by atoms with van der Waals surface area (Å²) in [5, 5.41) is 0. The maximum Gasteiger partial charge on any atom is 0.113 e. The van der Waals surface area contributed by atoms with Gasteiger partial charge in [0.15, 0.2) is 0 Å². The molecule has 1 aromatic carbocycles. The molecule has 0 saturated heterocycles. The second-order valence-corrected chi connectivity index (χ2v) is 3.25. The summed E-state index contributed by atoms with van der Waals surface area (Å²) in [6, 6.07) is 11.3. The van der Waals surface area contributed by atoms with Crippen molar-refractivity contribution >= 4 is 0 Å². The van der Waals surface area contributed by atoms with E-state index in [-0.39, 0.29) is 0 Å². The summed E-state index contributed by atoms with van der Waals surface area (Å²) in [6.45, 7) is 2.16. The molecule has 14 heavy (non-hydrogen) atoms. The molecule has 2 rings (SSSR count). The zero-order valence-electron chi connectivity index (χ0n) is 8.20. The summed E-state index contributed by atoms with van der Waals surface area (Å²) >= 11 is 0. The number of benzene rings is 1. The number of nitrogens with zero attached hydrogens (tertiary/aromatic N) is 1. The number of imidazole rings is 1. The van der Waals surface area contributed by atoms with Crippen molar-refractivity contribution in [2.24, 2.45) is 0 Å². The number of nitrogens with one attached hydrogen (secondary N) is 1. The van der Waals surface area contributed by atoms with E-state index in [1.807, 2.05) is 24.4 Å². The lowest BCUT2D eigenvalue weighted by atomic mass is 9.96. The van der Waals surface area contributed by atoms with Gasteiger partial charge in [-0.15, -0.1) is 0 Å². The molecule has 71 valence electrons. The van der Waals surface area contributed by atoms with Crippen LogP contribution < -0.4 is 0 Å². The predicted molar refractivity (Wildman–Crippen MR) is 56.0 cm³/mol. The van der Waals surface area contributed by atoms with Crippen LogP contribution >= 0.6 is 0 Å². The van der Waals surface area contributed by atoms with E-state index in [1.165, 1.54) is 5.56 Å². The standard InChI is InChI=1S/C12H13N2/c1-2-11(12-13-8-9-14-12)10-6-4-3-5-7-10/h3-6,8-9,11H,2H2,1H3,(H,13,14). The summed E-state index contributed by atoms with van der Waals surface area (Å²) in [4.78, 5) is 7.44. The van der Waals surface area contributed by atoms with Crippen LogP contribution in [0.3, 0.4) is 0 Å². The van der Waals surface area contributed by atoms with Gasteiger partial charge in [0.05, 0.1) is 0 Å². The number of hydrogen-bond donors (Lipinski definition) is 1. The molecule has 0 aliphatic heterocycles. The van der Waals surface area contributed by atoms with Crippen LogP contribution in [0.2, 0.25) is 0 Å². The molecule has 1 atom stereocenters. The summed E-state index contributed by atoms with van der Waals surface area (Å²) < 4.78 is 0. The lowest BCUT2D eigenvalue weighted by Gasteiger charge is -2.11. The van der Waals surface area contributed by atoms with Crippen LogP contribution in [-0.2, 0) is 0 Å². The first-order valence-electron chi connectivity index (χ1n) is 4.87. The molecule has 2 nitrogen and oxygen atoms in total. The van der Waals surface area contributed by atoms with Crippen LogP contribution in [0.4, 0.5) is 0 Å². The summed E-state index contributed by atoms with van der Waals surface area (Å²) in [5.74, 6) is 1.36. The molecule has 2 heteroatoms. The van der Waals surface area contributed by atoms with Gasteiger partial charge in [0.25, 0.3) is 0 Å². The molecule has 0 amide bonds. The Hall–Kier alpha value is -1.57. The Morgan fingerprint density at radius 1 is 1.50 bits per heavy atom. The van der Waals surface area contributed by atoms with Gasteiger partial charge in [0, 0.05) is 18.3 Å². The van der Waals surface area contributed by atoms with Gasteiger partial charge >= 0.3 is 0 Å². The highest BCUT2D eigenvalue weighted by Crippen LogP contribution is 2.23. The molecule has 0 aliphatic carbocycles. The fraction of sp³-hybridized carbons (Fsp3) is 0.250. The minimum atomic E-state index is 0.339. The van der Waals surface area contributed by atoms with Crippen molar-refractivity contribution in [2.75, 3.05) is 0 Å². The molecule has 0 spiro atoms. The lowest BCUT2D eigenvalue weighted by molar-refractivity contribution is 0.728. The Bertz CT molecular complexity index is 364. The van der Waals surface area contributed by atoms with Gasteiger partial charge in [-0.1, -0.05) is 31.2 Å². The third-order valence-corrected chi connectivity index (χ3v) is 2.37. The van der Waals surface area contributed by atoms with Crippen LogP contribution in [0.1, 0.15) is 30.7 Å². The topological polar surface area (TPSA) is 28.7 Å². The fourth-order valence-electron chi connectivity index (χ4n) is 1.65. The van der Waals surface area contributed by atoms with Crippen LogP contribution in [-0.4, -0.2) is 9.97 Å². The van der Waals surface area contributed by atoms with E-state index in [0.717, 1.165) is 12.2 Å². The molecule has 0 aliphatic rings. The van der Waals surface area contributed by atoms with Gasteiger partial charge in [-0.05, 0) is 18.1 Å². The van der Waals surface area contributed by atoms with E-state index < -0.39 is 0 Å². The minimum absolute atomic E-state index is 0.339. The molecular formula is C12H13N2. The lowest BCUT2D eigenvalue weighted by Crippen LogP contribution is -2.01. The predicted octanol–water partition coefficient (Wildman–Crippen LogP) is 2.75. The van der Waals surface area contributed by atoms with Crippen molar-refractivity contribution in [1.29, 1.82) is 0 Å². The molecular weight excluding hydrogens is 172 g/mol. The van der Waals surface area contributed by atoms with Crippen molar-refractivity contribution in [1.82, 2.24) is 9.97 Å². The van der Waals surface area contributed by atoms with Gasteiger partial charge in [-0.25, -0.2) is 4.98 Å². The fourth-order valence-corrected chi connectivity index (χ4v) is 1.65. The van der Waals surface area contributed by atoms with Gasteiger partial charge in [-0.2, -0.15) is 0 Å². The zero-order valence-corrected chi connectivity index (χ0v) is 8.20. The zero-order chi connectivity index (χ0) is 9.80. The highest BCUT2D eigenvalue weighted by molar-refractivity contribution is 5.23. The first kappa shape index (κ1) is 9.00. The van der Waals surface area contributed by atoms with Crippen molar-refractivity contribution in [2.45, 2.75) is 19.3 Å². The first-order valence-corrected chi connectivity index (χ1v) is 4.87. The monoisotopic (exact) mass is 185 g/mol. The number of aromatic amines is 1. The van der Waals surface area contributed by atoms with E-state index >= 15 is 0 Å². The first-order chi connectivity index (χ1) is 6.92. The van der Waals surface area contributed by atoms with E-state index in [1.54, 1.807) is 6.20 Å². The summed E-state index contributed by atoms with van der Waals surface area (Å²) in [5.41, 5.74) is 1.20. The SMILES string of the molecule is CCC(c1[c]cccc1)c1ncc[nH]1. The second-order valence-electron chi connectivity index (χ2n) is 3.25. The van der Waals surface area contributed by atoms with E-state index in [9.17, 15) is 0 Å². The Labute approximate surface area is 84.0 Å². The molecule has 2 aromatic rings. The Kier molecular flexibility index (Phi) is 2.63. The minimum Gasteiger partial charge on any atom is -0.348 e. The quantitative estimate of drug-likeness (QED) is 0.782. The van der Waals surface area contributed by atoms with Gasteiger partial charge in [0.2, 0.25) is 0 Å². The maximum absolute atomic E-state index is 4.29. The normalized spacial score (nSPS) is 12.6. The number of rotatable bonds is 3. The maximum atomic E-state index is 4.29. The Morgan fingerprint density at radius 3 is 3.00 bits per heavy atom. The van der Waals surface area contributed by atoms with Crippen LogP contribution in [0.25, 0.3) is 0 Å². The van der Waals surface area contributed by atoms with Gasteiger partial charge in [0.1, 0.15) is 5.82 Å². The van der Waals surface area contributed by atoms with E-state index in [4.69, 9.17) is 0 Å². The van der Waals surface area contributed by atoms with Crippen molar-refractivity contribution in [3.8, 4) is 0 Å². The summed E-state index contributed by atoms with van der Waals surface area (Å²) in [7, 11) is 0. The Morgan fingerprint density at radius 2 is 2.43 bits per heavy atom. The molecule has 1 N–H and O–H groups in total. The molecule has 0 saturated carbocycles. The summed E-state index contributed by atoms with van der Waals surface area (Å²) in [6.07, 6.45) is 4.69. The average molecular weight is 185 g/mol. The third-order valence-electron chi connectivity index (χ3n) is 2.37. The van der Waals surface area contributed by atoms with E-state index in [2.05, 4.69) is 29.0 Å². The van der Waals surface area contributed by atoms with E-state index in [0.29, 0.717) is 5.92 Å². The third kappa shape index (κ3) is 1.69. The highest BCUT2D eigenvalue weighted by Gasteiger charge is 2.13. The van der Waals surface area contributed by atoms with Crippen molar-refractivity contribution in [3.63, 3.8) is 0 Å². The Balaban J connectivity index is 2.31. The van der Waals surface area contributed by atoms with Crippen LogP contribution in [0, 0.1) is 6.07 Å². The van der Waals surface area contributed by atoms with Gasteiger partial charge < -0.3 is 4.98 Å². The highest BCUT2D eigenvalue weighted by atomic mass is 14.9. The molecule has 1 radical (unpaired) electrons. The average Bonchev–Trinajstić information content (AvgIpc) is 2.74. The molecule has 1 aromatic heterocycles. The number of hydrogen-bond acceptors (Lipinski definition) is 1. The van der Waals surface area contributed by atoms with Crippen molar-refractivity contribution in [3.05, 3.63) is 54.1 Å². The van der Waals surface area contributed by atoms with Gasteiger partial charge in [-0.3, -0.25) is 0 Å². The molecule has 0 bridgehead atoms. The van der Waals surface area contributed by atoms with Crippen LogP contribution in [0.15, 0.2) is 36.7 Å². The van der Waals surface area contributed by atoms with Crippen molar-refractivity contribution < 1.29 is 0 Å². The van der Waals surface area contributed by atoms with Crippen LogP contribution in [0.5, 0.6) is 0 Å². The number of H-pyrrole nitrogens is 1. The smallest absolute Gasteiger partial charge is 0.113 e. The molecule has 1 unspecified atom stereocenters. The second kappa shape index (κ2) is 4.09.